The summed E-state index contributed by atoms with van der Waals surface area (Å²) in [6.45, 7) is 2.29. The zero-order chi connectivity index (χ0) is 14.1. The molecule has 1 aliphatic rings. The Morgan fingerprint density at radius 2 is 2.00 bits per heavy atom. The lowest BCUT2D eigenvalue weighted by Crippen LogP contribution is -2.11. The summed E-state index contributed by atoms with van der Waals surface area (Å²) in [4.78, 5) is 4.48. The largest absolute Gasteiger partial charge is 0.506 e. The standard InChI is InChI=1S/C15H17ClN2O2/c1-9-2-4-10(5-3-9)14-17-15(20-18-14)11-6-7-13(19)12(16)8-11/h6-10,19H,2-5H2,1H3. The van der Waals surface area contributed by atoms with Crippen LogP contribution in [0.5, 0.6) is 5.75 Å². The molecular weight excluding hydrogens is 276 g/mol. The molecule has 5 heteroatoms. The van der Waals surface area contributed by atoms with Gasteiger partial charge in [0.25, 0.3) is 5.89 Å². The zero-order valence-corrected chi connectivity index (χ0v) is 12.1. The van der Waals surface area contributed by atoms with E-state index in [1.807, 2.05) is 0 Å². The Kier molecular flexibility index (Phi) is 3.66. The van der Waals surface area contributed by atoms with Crippen LogP contribution in [0.25, 0.3) is 11.5 Å². The van der Waals surface area contributed by atoms with Gasteiger partial charge in [-0.05, 0) is 37.0 Å². The Morgan fingerprint density at radius 1 is 1.25 bits per heavy atom. The number of aromatic nitrogens is 2. The molecule has 4 nitrogen and oxygen atoms in total. The summed E-state index contributed by atoms with van der Waals surface area (Å²) in [5.41, 5.74) is 0.732. The van der Waals surface area contributed by atoms with Gasteiger partial charge in [-0.1, -0.05) is 36.5 Å². The molecular formula is C15H17ClN2O2. The lowest BCUT2D eigenvalue weighted by Gasteiger charge is -2.23. The SMILES string of the molecule is CC1CCC(c2noc(-c3ccc(O)c(Cl)c3)n2)CC1. The predicted molar refractivity (Wildman–Crippen MR) is 76.8 cm³/mol. The molecule has 0 amide bonds. The molecule has 0 radical (unpaired) electrons. The smallest absolute Gasteiger partial charge is 0.257 e. The van der Waals surface area contributed by atoms with Crippen molar-refractivity contribution in [3.63, 3.8) is 0 Å². The van der Waals surface area contributed by atoms with Crippen LogP contribution in [-0.4, -0.2) is 15.2 Å². The molecule has 1 heterocycles. The van der Waals surface area contributed by atoms with E-state index in [1.54, 1.807) is 12.1 Å². The van der Waals surface area contributed by atoms with E-state index >= 15 is 0 Å². The Balaban J connectivity index is 1.81. The average molecular weight is 293 g/mol. The van der Waals surface area contributed by atoms with Crippen LogP contribution in [0.1, 0.15) is 44.3 Å². The number of halogens is 1. The van der Waals surface area contributed by atoms with Gasteiger partial charge in [-0.25, -0.2) is 0 Å². The molecule has 0 aliphatic heterocycles. The fraction of sp³-hybridized carbons (Fsp3) is 0.467. The minimum Gasteiger partial charge on any atom is -0.506 e. The fourth-order valence-electron chi connectivity index (χ4n) is 2.68. The second-order valence-electron chi connectivity index (χ2n) is 5.58. The van der Waals surface area contributed by atoms with Gasteiger partial charge in [0, 0.05) is 11.5 Å². The third-order valence-corrected chi connectivity index (χ3v) is 4.32. The topological polar surface area (TPSA) is 59.2 Å². The summed E-state index contributed by atoms with van der Waals surface area (Å²) < 4.78 is 5.32. The minimum atomic E-state index is 0.0522. The molecule has 1 aromatic heterocycles. The van der Waals surface area contributed by atoms with Gasteiger partial charge in [-0.3, -0.25) is 0 Å². The van der Waals surface area contributed by atoms with Crippen LogP contribution in [0.15, 0.2) is 22.7 Å². The second kappa shape index (κ2) is 5.44. The first-order chi connectivity index (χ1) is 9.63. The number of phenols is 1. The molecule has 0 bridgehead atoms. The van der Waals surface area contributed by atoms with Crippen molar-refractivity contribution in [2.24, 2.45) is 5.92 Å². The predicted octanol–water partition coefficient (Wildman–Crippen LogP) is 4.39. The number of phenolic OH excluding ortho intramolecular Hbond substituents is 1. The zero-order valence-electron chi connectivity index (χ0n) is 11.3. The van der Waals surface area contributed by atoms with Crippen LogP contribution < -0.4 is 0 Å². The monoisotopic (exact) mass is 292 g/mol. The highest BCUT2D eigenvalue weighted by Crippen LogP contribution is 2.35. The van der Waals surface area contributed by atoms with E-state index in [0.717, 1.165) is 30.1 Å². The van der Waals surface area contributed by atoms with Gasteiger partial charge in [0.1, 0.15) is 5.75 Å². The van der Waals surface area contributed by atoms with Crippen molar-refractivity contribution in [1.82, 2.24) is 10.1 Å². The van der Waals surface area contributed by atoms with Crippen LogP contribution in [-0.2, 0) is 0 Å². The normalized spacial score (nSPS) is 22.9. The van der Waals surface area contributed by atoms with Gasteiger partial charge < -0.3 is 9.63 Å². The van der Waals surface area contributed by atoms with E-state index in [0.29, 0.717) is 11.8 Å². The molecule has 106 valence electrons. The van der Waals surface area contributed by atoms with Crippen LogP contribution >= 0.6 is 11.6 Å². The van der Waals surface area contributed by atoms with E-state index in [-0.39, 0.29) is 10.8 Å². The number of aromatic hydroxyl groups is 1. The van der Waals surface area contributed by atoms with Crippen molar-refractivity contribution in [2.45, 2.75) is 38.5 Å². The lowest BCUT2D eigenvalue weighted by atomic mass is 9.83. The maximum absolute atomic E-state index is 9.43. The first-order valence-electron chi connectivity index (χ1n) is 6.96. The number of rotatable bonds is 2. The number of hydrogen-bond acceptors (Lipinski definition) is 4. The Labute approximate surface area is 122 Å². The summed E-state index contributed by atoms with van der Waals surface area (Å²) in [6.07, 6.45) is 4.69. The van der Waals surface area contributed by atoms with E-state index in [2.05, 4.69) is 17.1 Å². The van der Waals surface area contributed by atoms with Gasteiger partial charge in [-0.15, -0.1) is 0 Å². The number of nitrogens with zero attached hydrogens (tertiary/aromatic N) is 2. The highest BCUT2D eigenvalue weighted by Gasteiger charge is 2.24. The first-order valence-corrected chi connectivity index (χ1v) is 7.34. The van der Waals surface area contributed by atoms with Crippen LogP contribution in [0, 0.1) is 5.92 Å². The van der Waals surface area contributed by atoms with E-state index < -0.39 is 0 Å². The van der Waals surface area contributed by atoms with Gasteiger partial charge in [0.05, 0.1) is 5.02 Å². The molecule has 1 fully saturated rings. The van der Waals surface area contributed by atoms with Gasteiger partial charge in [0.15, 0.2) is 5.82 Å². The average Bonchev–Trinajstić information content (AvgIpc) is 2.92. The Morgan fingerprint density at radius 3 is 2.70 bits per heavy atom. The van der Waals surface area contributed by atoms with Crippen molar-refractivity contribution < 1.29 is 9.63 Å². The second-order valence-corrected chi connectivity index (χ2v) is 5.99. The maximum Gasteiger partial charge on any atom is 0.257 e. The van der Waals surface area contributed by atoms with Crippen molar-refractivity contribution in [3.8, 4) is 17.2 Å². The third kappa shape index (κ3) is 2.66. The van der Waals surface area contributed by atoms with Crippen molar-refractivity contribution >= 4 is 11.6 Å². The summed E-state index contributed by atoms with van der Waals surface area (Å²) in [5, 5.41) is 13.8. The summed E-state index contributed by atoms with van der Waals surface area (Å²) in [5.74, 6) is 2.50. The Hall–Kier alpha value is -1.55. The minimum absolute atomic E-state index is 0.0522. The fourth-order valence-corrected chi connectivity index (χ4v) is 2.86. The van der Waals surface area contributed by atoms with E-state index in [9.17, 15) is 5.11 Å². The summed E-state index contributed by atoms with van der Waals surface area (Å²) in [7, 11) is 0. The molecule has 20 heavy (non-hydrogen) atoms. The molecule has 0 spiro atoms. The summed E-state index contributed by atoms with van der Waals surface area (Å²) >= 11 is 5.90. The van der Waals surface area contributed by atoms with Gasteiger partial charge in [-0.2, -0.15) is 4.98 Å². The van der Waals surface area contributed by atoms with Crippen LogP contribution in [0.3, 0.4) is 0 Å². The quantitative estimate of drug-likeness (QED) is 0.892. The van der Waals surface area contributed by atoms with Gasteiger partial charge >= 0.3 is 0 Å². The molecule has 1 saturated carbocycles. The van der Waals surface area contributed by atoms with Crippen LogP contribution in [0.4, 0.5) is 0 Å². The van der Waals surface area contributed by atoms with Crippen molar-refractivity contribution in [1.29, 1.82) is 0 Å². The third-order valence-electron chi connectivity index (χ3n) is 4.02. The molecule has 1 aliphatic carbocycles. The molecule has 0 atom stereocenters. The maximum atomic E-state index is 9.43. The van der Waals surface area contributed by atoms with Crippen LogP contribution in [0.2, 0.25) is 5.02 Å². The lowest BCUT2D eigenvalue weighted by molar-refractivity contribution is 0.329. The van der Waals surface area contributed by atoms with Crippen molar-refractivity contribution in [2.75, 3.05) is 0 Å². The highest BCUT2D eigenvalue weighted by atomic mass is 35.5. The highest BCUT2D eigenvalue weighted by molar-refractivity contribution is 6.32. The number of hydrogen-bond donors (Lipinski definition) is 1. The molecule has 2 aromatic rings. The molecule has 1 aromatic carbocycles. The molecule has 3 rings (SSSR count). The molecule has 1 N–H and O–H groups in total. The Bertz CT molecular complexity index is 604. The van der Waals surface area contributed by atoms with Crippen molar-refractivity contribution in [3.05, 3.63) is 29.0 Å². The van der Waals surface area contributed by atoms with E-state index in [4.69, 9.17) is 16.1 Å². The summed E-state index contributed by atoms with van der Waals surface area (Å²) in [6, 6.07) is 4.89. The molecule has 0 saturated heterocycles. The first kappa shape index (κ1) is 13.4. The number of benzene rings is 1. The molecule has 0 unspecified atom stereocenters. The van der Waals surface area contributed by atoms with Gasteiger partial charge in [0.2, 0.25) is 0 Å². The van der Waals surface area contributed by atoms with E-state index in [1.165, 1.54) is 18.9 Å².